The van der Waals surface area contributed by atoms with Gasteiger partial charge in [-0.3, -0.25) is 9.69 Å². The van der Waals surface area contributed by atoms with E-state index < -0.39 is 5.97 Å². The summed E-state index contributed by atoms with van der Waals surface area (Å²) in [7, 11) is 3.19. The van der Waals surface area contributed by atoms with Crippen LogP contribution in [0.25, 0.3) is 0 Å². The number of hydrogen-bond donors (Lipinski definition) is 1. The van der Waals surface area contributed by atoms with Gasteiger partial charge in [-0.1, -0.05) is 30.0 Å². The molecule has 2 rings (SSSR count). The summed E-state index contributed by atoms with van der Waals surface area (Å²) in [5.74, 6) is 1.11. The van der Waals surface area contributed by atoms with Crippen molar-refractivity contribution in [3.8, 4) is 11.5 Å². The van der Waals surface area contributed by atoms with Crippen LogP contribution in [0.5, 0.6) is 11.5 Å². The Balaban J connectivity index is 2.07. The Labute approximate surface area is 139 Å². The molecule has 0 aliphatic carbocycles. The number of carbonyl (C=O) groups is 1. The topological polar surface area (TPSA) is 62.2 Å². The predicted octanol–water partition coefficient (Wildman–Crippen LogP) is 1.84. The van der Waals surface area contributed by atoms with E-state index in [4.69, 9.17) is 26.8 Å². The van der Waals surface area contributed by atoms with Gasteiger partial charge in [-0.05, 0) is 17.7 Å². The molecule has 0 unspecified atom stereocenters. The minimum Gasteiger partial charge on any atom is -0.493 e. The molecule has 1 N–H and O–H groups in total. The maximum Gasteiger partial charge on any atom is 0.317 e. The second-order valence-corrected chi connectivity index (χ2v) is 6.37. The fourth-order valence-corrected chi connectivity index (χ4v) is 3.23. The summed E-state index contributed by atoms with van der Waals surface area (Å²) in [6, 6.07) is 5.70. The van der Waals surface area contributed by atoms with Gasteiger partial charge in [-0.2, -0.15) is 0 Å². The molecule has 120 valence electrons. The average molecular weight is 342 g/mol. The molecule has 0 saturated carbocycles. The van der Waals surface area contributed by atoms with Gasteiger partial charge in [0.05, 0.1) is 33.3 Å². The first-order valence-electron chi connectivity index (χ1n) is 6.60. The highest BCUT2D eigenvalue weighted by atomic mass is 32.2. The molecular formula is C14H18N2O4S2. The molecule has 1 aromatic rings. The number of hydrogen-bond acceptors (Lipinski definition) is 6. The van der Waals surface area contributed by atoms with Crippen molar-refractivity contribution >= 4 is 34.3 Å². The third kappa shape index (κ3) is 4.25. The van der Waals surface area contributed by atoms with E-state index in [1.807, 2.05) is 28.0 Å². The van der Waals surface area contributed by atoms with Crippen LogP contribution in [-0.2, 0) is 11.3 Å². The summed E-state index contributed by atoms with van der Waals surface area (Å²) in [5, 5.41) is 8.90. The van der Waals surface area contributed by atoms with Gasteiger partial charge in [0.25, 0.3) is 0 Å². The maximum absolute atomic E-state index is 10.8. The fourth-order valence-electron chi connectivity index (χ4n) is 2.18. The number of benzene rings is 1. The van der Waals surface area contributed by atoms with Crippen molar-refractivity contribution in [2.75, 3.05) is 33.3 Å². The molecule has 0 atom stereocenters. The SMILES string of the molecule is COc1ccc(CN2CN(CC(=O)O)CSC2=S)cc1OC. The number of carboxylic acids is 1. The van der Waals surface area contributed by atoms with E-state index >= 15 is 0 Å². The van der Waals surface area contributed by atoms with E-state index in [0.29, 0.717) is 30.6 Å². The standard InChI is InChI=1S/C14H18N2O4S2/c1-19-11-4-3-10(5-12(11)20-2)6-16-8-15(7-13(17)18)9-22-14(16)21/h3-5H,6-9H2,1-2H3,(H,17,18). The zero-order valence-corrected chi connectivity index (χ0v) is 14.1. The van der Waals surface area contributed by atoms with Crippen LogP contribution < -0.4 is 9.47 Å². The highest BCUT2D eigenvalue weighted by molar-refractivity contribution is 8.22. The summed E-state index contributed by atoms with van der Waals surface area (Å²) in [5.41, 5.74) is 1.03. The number of aliphatic carboxylic acids is 1. The monoisotopic (exact) mass is 342 g/mol. The van der Waals surface area contributed by atoms with Gasteiger partial charge in [-0.15, -0.1) is 0 Å². The summed E-state index contributed by atoms with van der Waals surface area (Å²) >= 11 is 6.84. The van der Waals surface area contributed by atoms with Crippen molar-refractivity contribution < 1.29 is 19.4 Å². The van der Waals surface area contributed by atoms with Gasteiger partial charge in [0, 0.05) is 6.54 Å². The van der Waals surface area contributed by atoms with Crippen LogP contribution in [0.3, 0.4) is 0 Å². The van der Waals surface area contributed by atoms with Crippen molar-refractivity contribution in [3.05, 3.63) is 23.8 Å². The van der Waals surface area contributed by atoms with Gasteiger partial charge < -0.3 is 19.5 Å². The van der Waals surface area contributed by atoms with Crippen LogP contribution in [0.4, 0.5) is 0 Å². The Hall–Kier alpha value is -1.51. The molecule has 0 bridgehead atoms. The number of nitrogens with zero attached hydrogens (tertiary/aromatic N) is 2. The van der Waals surface area contributed by atoms with Crippen molar-refractivity contribution in [1.29, 1.82) is 0 Å². The fraction of sp³-hybridized carbons (Fsp3) is 0.429. The Morgan fingerprint density at radius 3 is 2.73 bits per heavy atom. The van der Waals surface area contributed by atoms with Crippen LogP contribution in [0, 0.1) is 0 Å². The molecule has 0 spiro atoms. The molecule has 1 fully saturated rings. The quantitative estimate of drug-likeness (QED) is 0.786. The second-order valence-electron chi connectivity index (χ2n) is 4.79. The normalized spacial score (nSPS) is 15.7. The first kappa shape index (κ1) is 16.9. The van der Waals surface area contributed by atoms with E-state index in [1.165, 1.54) is 11.8 Å². The van der Waals surface area contributed by atoms with E-state index in [1.54, 1.807) is 14.2 Å². The Morgan fingerprint density at radius 1 is 1.36 bits per heavy atom. The lowest BCUT2D eigenvalue weighted by Crippen LogP contribution is -2.46. The minimum atomic E-state index is -0.834. The number of carboxylic acid groups (broad SMARTS) is 1. The lowest BCUT2D eigenvalue weighted by molar-refractivity contribution is -0.138. The molecule has 1 saturated heterocycles. The van der Waals surface area contributed by atoms with Crippen LogP contribution in [0.2, 0.25) is 0 Å². The smallest absolute Gasteiger partial charge is 0.317 e. The lowest BCUT2D eigenvalue weighted by atomic mass is 10.2. The van der Waals surface area contributed by atoms with Crippen LogP contribution in [0.1, 0.15) is 5.56 Å². The van der Waals surface area contributed by atoms with E-state index in [0.717, 1.165) is 9.88 Å². The molecule has 8 heteroatoms. The van der Waals surface area contributed by atoms with E-state index in [2.05, 4.69) is 0 Å². The van der Waals surface area contributed by atoms with Crippen molar-refractivity contribution in [1.82, 2.24) is 9.80 Å². The number of thioether (sulfide) groups is 1. The molecule has 0 aromatic heterocycles. The van der Waals surface area contributed by atoms with Crippen molar-refractivity contribution in [2.45, 2.75) is 6.54 Å². The van der Waals surface area contributed by atoms with Crippen molar-refractivity contribution in [2.24, 2.45) is 0 Å². The van der Waals surface area contributed by atoms with Gasteiger partial charge in [-0.25, -0.2) is 0 Å². The Bertz CT molecular complexity index is 568. The molecule has 6 nitrogen and oxygen atoms in total. The predicted molar refractivity (Wildman–Crippen MR) is 89.4 cm³/mol. The third-order valence-corrected chi connectivity index (χ3v) is 4.79. The van der Waals surface area contributed by atoms with Crippen LogP contribution in [-0.4, -0.2) is 58.5 Å². The first-order valence-corrected chi connectivity index (χ1v) is 7.99. The largest absolute Gasteiger partial charge is 0.493 e. The van der Waals surface area contributed by atoms with Gasteiger partial charge >= 0.3 is 5.97 Å². The third-order valence-electron chi connectivity index (χ3n) is 3.18. The summed E-state index contributed by atoms with van der Waals surface area (Å²) in [6.45, 7) is 1.12. The molecule has 22 heavy (non-hydrogen) atoms. The Kier molecular flexibility index (Phi) is 5.87. The van der Waals surface area contributed by atoms with Crippen LogP contribution in [0.15, 0.2) is 18.2 Å². The maximum atomic E-state index is 10.8. The lowest BCUT2D eigenvalue weighted by Gasteiger charge is -2.35. The summed E-state index contributed by atoms with van der Waals surface area (Å²) in [6.07, 6.45) is 0. The summed E-state index contributed by atoms with van der Waals surface area (Å²) < 4.78 is 11.3. The highest BCUT2D eigenvalue weighted by Crippen LogP contribution is 2.29. The number of thiocarbonyl (C=S) groups is 1. The summed E-state index contributed by atoms with van der Waals surface area (Å²) in [4.78, 5) is 14.7. The van der Waals surface area contributed by atoms with E-state index in [9.17, 15) is 4.79 Å². The molecule has 1 heterocycles. The average Bonchev–Trinajstić information content (AvgIpc) is 2.50. The molecule has 0 radical (unpaired) electrons. The first-order chi connectivity index (χ1) is 10.5. The van der Waals surface area contributed by atoms with E-state index in [-0.39, 0.29) is 6.54 Å². The highest BCUT2D eigenvalue weighted by Gasteiger charge is 2.23. The number of rotatable bonds is 6. The second kappa shape index (κ2) is 7.66. The van der Waals surface area contributed by atoms with Crippen LogP contribution >= 0.6 is 24.0 Å². The van der Waals surface area contributed by atoms with Gasteiger partial charge in [0.15, 0.2) is 11.5 Å². The molecule has 1 aliphatic rings. The van der Waals surface area contributed by atoms with Gasteiger partial charge in [0.1, 0.15) is 4.32 Å². The molecule has 1 aromatic carbocycles. The zero-order chi connectivity index (χ0) is 16.1. The zero-order valence-electron chi connectivity index (χ0n) is 12.4. The number of methoxy groups -OCH3 is 2. The molecule has 0 amide bonds. The number of ether oxygens (including phenoxy) is 2. The van der Waals surface area contributed by atoms with Gasteiger partial charge in [0.2, 0.25) is 0 Å². The molecule has 1 aliphatic heterocycles. The minimum absolute atomic E-state index is 0.0120. The molecular weight excluding hydrogens is 324 g/mol. The van der Waals surface area contributed by atoms with Crippen molar-refractivity contribution in [3.63, 3.8) is 0 Å². The Morgan fingerprint density at radius 2 is 2.09 bits per heavy atom.